The highest BCUT2D eigenvalue weighted by Crippen LogP contribution is 2.40. The molecule has 34 heavy (non-hydrogen) atoms. The summed E-state index contributed by atoms with van der Waals surface area (Å²) < 4.78 is 5.21. The number of hydrogen-bond acceptors (Lipinski definition) is 5. The molecule has 1 heterocycles. The van der Waals surface area contributed by atoms with Crippen LogP contribution >= 0.6 is 11.3 Å². The van der Waals surface area contributed by atoms with Crippen molar-refractivity contribution in [1.82, 2.24) is 0 Å². The third kappa shape index (κ3) is 5.37. The quantitative estimate of drug-likeness (QED) is 0.431. The van der Waals surface area contributed by atoms with Gasteiger partial charge in [0.15, 0.2) is 0 Å². The Morgan fingerprint density at radius 3 is 2.32 bits per heavy atom. The van der Waals surface area contributed by atoms with E-state index in [4.69, 9.17) is 4.74 Å². The Bertz CT molecular complexity index is 1200. The first kappa shape index (κ1) is 23.7. The van der Waals surface area contributed by atoms with Crippen molar-refractivity contribution in [3.63, 3.8) is 0 Å². The largest absolute Gasteiger partial charge is 0.459 e. The van der Waals surface area contributed by atoms with Gasteiger partial charge in [0, 0.05) is 16.1 Å². The number of hydrogen-bond donors (Lipinski definition) is 2. The first-order valence-electron chi connectivity index (χ1n) is 11.4. The van der Waals surface area contributed by atoms with Crippen LogP contribution in [-0.4, -0.2) is 23.9 Å². The molecular weight excluding hydrogens is 448 g/mol. The number of anilines is 2. The van der Waals surface area contributed by atoms with Gasteiger partial charge in [-0.3, -0.25) is 9.59 Å². The van der Waals surface area contributed by atoms with Gasteiger partial charge in [0.05, 0.1) is 17.2 Å². The Morgan fingerprint density at radius 2 is 1.65 bits per heavy atom. The van der Waals surface area contributed by atoms with Gasteiger partial charge in [0.1, 0.15) is 5.00 Å². The van der Waals surface area contributed by atoms with Gasteiger partial charge in [-0.1, -0.05) is 25.1 Å². The molecule has 4 rings (SSSR count). The molecule has 0 radical (unpaired) electrons. The van der Waals surface area contributed by atoms with Gasteiger partial charge in [-0.2, -0.15) is 0 Å². The van der Waals surface area contributed by atoms with E-state index in [0.29, 0.717) is 33.3 Å². The van der Waals surface area contributed by atoms with Crippen LogP contribution in [0.5, 0.6) is 0 Å². The van der Waals surface area contributed by atoms with Gasteiger partial charge >= 0.3 is 5.97 Å². The fourth-order valence-corrected chi connectivity index (χ4v) is 5.41. The third-order valence-corrected chi connectivity index (χ3v) is 6.89. The van der Waals surface area contributed by atoms with Crippen LogP contribution in [0.15, 0.2) is 54.6 Å². The summed E-state index contributed by atoms with van der Waals surface area (Å²) in [6, 6.07) is 15.6. The van der Waals surface area contributed by atoms with E-state index in [1.807, 2.05) is 18.2 Å². The van der Waals surface area contributed by atoms with Crippen molar-refractivity contribution in [2.45, 2.75) is 46.1 Å². The highest BCUT2D eigenvalue weighted by Gasteiger charge is 2.28. The Balaban J connectivity index is 1.58. The molecule has 2 N–H and O–H groups in total. The van der Waals surface area contributed by atoms with E-state index in [1.165, 1.54) is 11.3 Å². The maximum Gasteiger partial charge on any atom is 0.338 e. The second kappa shape index (κ2) is 10.2. The molecule has 0 saturated heterocycles. The lowest BCUT2D eigenvalue weighted by molar-refractivity contribution is 0.0377. The minimum Gasteiger partial charge on any atom is -0.459 e. The summed E-state index contributed by atoms with van der Waals surface area (Å²) in [6.07, 6.45) is 2.50. The Kier molecular flexibility index (Phi) is 7.12. The van der Waals surface area contributed by atoms with Crippen molar-refractivity contribution in [3.05, 3.63) is 81.7 Å². The predicted molar refractivity (Wildman–Crippen MR) is 135 cm³/mol. The average Bonchev–Trinajstić information content (AvgIpc) is 3.16. The molecule has 2 aromatic carbocycles. The number of amides is 2. The molecule has 176 valence electrons. The van der Waals surface area contributed by atoms with Gasteiger partial charge in [-0.25, -0.2) is 4.79 Å². The lowest BCUT2D eigenvalue weighted by Gasteiger charge is -2.18. The summed E-state index contributed by atoms with van der Waals surface area (Å²) >= 11 is 1.49. The molecule has 0 bridgehead atoms. The van der Waals surface area contributed by atoms with Gasteiger partial charge in [-0.05, 0) is 81.0 Å². The molecule has 1 unspecified atom stereocenters. The second-order valence-electron chi connectivity index (χ2n) is 8.86. The SMILES string of the molecule is CC1CCc2c(sc(NC(=O)c3ccccc3)c2C(=O)Nc2ccc(C(=O)OC(C)C)cc2)C1. The van der Waals surface area contributed by atoms with E-state index in [0.717, 1.165) is 29.7 Å². The fourth-order valence-electron chi connectivity index (χ4n) is 4.01. The number of rotatable bonds is 6. The summed E-state index contributed by atoms with van der Waals surface area (Å²) in [5.74, 6) is -0.375. The van der Waals surface area contributed by atoms with Gasteiger partial charge < -0.3 is 15.4 Å². The molecule has 1 atom stereocenters. The molecule has 1 aliphatic carbocycles. The monoisotopic (exact) mass is 476 g/mol. The van der Waals surface area contributed by atoms with Gasteiger partial charge in [-0.15, -0.1) is 11.3 Å². The number of nitrogens with one attached hydrogen (secondary N) is 2. The number of carbonyl (C=O) groups is 3. The maximum absolute atomic E-state index is 13.4. The summed E-state index contributed by atoms with van der Waals surface area (Å²) in [5, 5.41) is 6.47. The van der Waals surface area contributed by atoms with Crippen molar-refractivity contribution in [2.75, 3.05) is 10.6 Å². The minimum atomic E-state index is -0.403. The molecule has 1 aromatic heterocycles. The normalized spacial score (nSPS) is 14.9. The molecule has 0 fully saturated rings. The van der Waals surface area contributed by atoms with Crippen molar-refractivity contribution in [1.29, 1.82) is 0 Å². The smallest absolute Gasteiger partial charge is 0.338 e. The molecule has 2 amide bonds. The number of carbonyl (C=O) groups excluding carboxylic acids is 3. The standard InChI is InChI=1S/C27H28N2O4S/c1-16(2)33-27(32)19-10-12-20(13-11-19)28-25(31)23-21-14-9-17(3)15-22(21)34-26(23)29-24(30)18-7-5-4-6-8-18/h4-8,10-13,16-17H,9,14-15H2,1-3H3,(H,28,31)(H,29,30). The molecule has 0 aliphatic heterocycles. The summed E-state index contributed by atoms with van der Waals surface area (Å²) in [7, 11) is 0. The summed E-state index contributed by atoms with van der Waals surface area (Å²) in [4.78, 5) is 39.4. The molecule has 3 aromatic rings. The molecule has 7 heteroatoms. The summed E-state index contributed by atoms with van der Waals surface area (Å²) in [6.45, 7) is 5.79. The van der Waals surface area contributed by atoms with Crippen LogP contribution in [0, 0.1) is 5.92 Å². The lowest BCUT2D eigenvalue weighted by atomic mass is 9.88. The molecular formula is C27H28N2O4S. The van der Waals surface area contributed by atoms with Crippen molar-refractivity contribution >= 4 is 39.8 Å². The highest BCUT2D eigenvalue weighted by molar-refractivity contribution is 7.17. The number of benzene rings is 2. The lowest BCUT2D eigenvalue weighted by Crippen LogP contribution is -2.19. The van der Waals surface area contributed by atoms with Crippen LogP contribution in [0.25, 0.3) is 0 Å². The van der Waals surface area contributed by atoms with Crippen LogP contribution in [-0.2, 0) is 17.6 Å². The highest BCUT2D eigenvalue weighted by atomic mass is 32.1. The van der Waals surface area contributed by atoms with Crippen LogP contribution in [0.1, 0.15) is 68.7 Å². The molecule has 6 nitrogen and oxygen atoms in total. The second-order valence-corrected chi connectivity index (χ2v) is 9.97. The zero-order chi connectivity index (χ0) is 24.2. The van der Waals surface area contributed by atoms with Gasteiger partial charge in [0.25, 0.3) is 11.8 Å². The Labute approximate surface area is 203 Å². The van der Waals surface area contributed by atoms with E-state index < -0.39 is 5.97 Å². The van der Waals surface area contributed by atoms with Crippen molar-refractivity contribution in [2.24, 2.45) is 5.92 Å². The van der Waals surface area contributed by atoms with Crippen molar-refractivity contribution < 1.29 is 19.1 Å². The van der Waals surface area contributed by atoms with E-state index in [1.54, 1.807) is 50.2 Å². The zero-order valence-corrected chi connectivity index (χ0v) is 20.3. The Morgan fingerprint density at radius 1 is 0.941 bits per heavy atom. The first-order chi connectivity index (χ1) is 16.3. The van der Waals surface area contributed by atoms with Crippen molar-refractivity contribution in [3.8, 4) is 0 Å². The zero-order valence-electron chi connectivity index (χ0n) is 19.5. The molecule has 0 saturated carbocycles. The first-order valence-corrected chi connectivity index (χ1v) is 12.3. The molecule has 1 aliphatic rings. The topological polar surface area (TPSA) is 84.5 Å². The van der Waals surface area contributed by atoms with E-state index in [2.05, 4.69) is 17.6 Å². The summed E-state index contributed by atoms with van der Waals surface area (Å²) in [5.41, 5.74) is 3.07. The third-order valence-electron chi connectivity index (χ3n) is 5.72. The predicted octanol–water partition coefficient (Wildman–Crippen LogP) is 5.94. The van der Waals surface area contributed by atoms with Crippen LogP contribution in [0.2, 0.25) is 0 Å². The number of ether oxygens (including phenoxy) is 1. The number of esters is 1. The maximum atomic E-state index is 13.4. The Hall–Kier alpha value is -3.45. The van der Waals surface area contributed by atoms with Crippen LogP contribution in [0.4, 0.5) is 10.7 Å². The number of thiophene rings is 1. The van der Waals surface area contributed by atoms with E-state index in [-0.39, 0.29) is 17.9 Å². The number of fused-ring (bicyclic) bond motifs is 1. The van der Waals surface area contributed by atoms with Gasteiger partial charge in [0.2, 0.25) is 0 Å². The van der Waals surface area contributed by atoms with E-state index in [9.17, 15) is 14.4 Å². The molecule has 0 spiro atoms. The minimum absolute atomic E-state index is 0.205. The van der Waals surface area contributed by atoms with Crippen LogP contribution < -0.4 is 10.6 Å². The fraction of sp³-hybridized carbons (Fsp3) is 0.296. The van der Waals surface area contributed by atoms with Crippen LogP contribution in [0.3, 0.4) is 0 Å². The average molecular weight is 477 g/mol. The van der Waals surface area contributed by atoms with E-state index >= 15 is 0 Å².